The highest BCUT2D eigenvalue weighted by Crippen LogP contribution is 2.26. The van der Waals surface area contributed by atoms with Crippen LogP contribution in [0, 0.1) is 5.82 Å². The van der Waals surface area contributed by atoms with Crippen LogP contribution < -0.4 is 10.2 Å². The molecule has 1 N–H and O–H groups in total. The van der Waals surface area contributed by atoms with E-state index in [1.807, 2.05) is 4.90 Å². The first-order valence-electron chi connectivity index (χ1n) is 6.00. The van der Waals surface area contributed by atoms with Crippen molar-refractivity contribution in [2.45, 2.75) is 0 Å². The Kier molecular flexibility index (Phi) is 2.98. The summed E-state index contributed by atoms with van der Waals surface area (Å²) in [5.41, 5.74) is 1.42. The van der Waals surface area contributed by atoms with E-state index in [0.717, 1.165) is 31.7 Å². The second-order valence-corrected chi connectivity index (χ2v) is 4.24. The molecular weight excluding hydrogens is 233 g/mol. The molecule has 0 aliphatic carbocycles. The average Bonchev–Trinajstić information content (AvgIpc) is 2.94. The molecule has 3 rings (SSSR count). The van der Waals surface area contributed by atoms with Gasteiger partial charge in [0, 0.05) is 31.7 Å². The Morgan fingerprint density at radius 3 is 2.83 bits per heavy atom. The van der Waals surface area contributed by atoms with Crippen molar-refractivity contribution < 1.29 is 8.81 Å². The molecule has 1 saturated heterocycles. The molecule has 4 nitrogen and oxygen atoms in total. The summed E-state index contributed by atoms with van der Waals surface area (Å²) in [6.45, 7) is 3.38. The normalized spacial score (nSPS) is 15.9. The van der Waals surface area contributed by atoms with Gasteiger partial charge in [0.1, 0.15) is 12.1 Å². The minimum atomic E-state index is -0.202. The number of anilines is 1. The molecule has 1 aromatic heterocycles. The summed E-state index contributed by atoms with van der Waals surface area (Å²) in [5.74, 6) is 0.318. The van der Waals surface area contributed by atoms with Crippen LogP contribution in [0.1, 0.15) is 0 Å². The number of oxazole rings is 1. The van der Waals surface area contributed by atoms with Gasteiger partial charge < -0.3 is 14.6 Å². The molecule has 5 heteroatoms. The van der Waals surface area contributed by atoms with Crippen molar-refractivity contribution in [2.75, 3.05) is 31.1 Å². The zero-order valence-corrected chi connectivity index (χ0v) is 9.90. The van der Waals surface area contributed by atoms with Crippen LogP contribution in [0.5, 0.6) is 0 Å². The molecule has 2 heterocycles. The van der Waals surface area contributed by atoms with E-state index in [4.69, 9.17) is 4.42 Å². The Morgan fingerprint density at radius 1 is 1.28 bits per heavy atom. The highest BCUT2D eigenvalue weighted by Gasteiger charge is 2.16. The lowest BCUT2D eigenvalue weighted by molar-refractivity contribution is 0.563. The summed E-state index contributed by atoms with van der Waals surface area (Å²) >= 11 is 0. The number of hydrogen-bond acceptors (Lipinski definition) is 4. The van der Waals surface area contributed by atoms with E-state index < -0.39 is 0 Å². The minimum Gasteiger partial charge on any atom is -0.445 e. The van der Waals surface area contributed by atoms with Crippen LogP contribution in [-0.2, 0) is 0 Å². The van der Waals surface area contributed by atoms with Crippen molar-refractivity contribution in [2.24, 2.45) is 0 Å². The number of halogens is 1. The van der Waals surface area contributed by atoms with Gasteiger partial charge in [-0.2, -0.15) is 0 Å². The molecule has 1 aliphatic rings. The second kappa shape index (κ2) is 4.78. The second-order valence-electron chi connectivity index (χ2n) is 4.24. The Morgan fingerprint density at radius 2 is 2.11 bits per heavy atom. The summed E-state index contributed by atoms with van der Waals surface area (Å²) in [7, 11) is 0. The van der Waals surface area contributed by atoms with Crippen LogP contribution in [0.2, 0.25) is 0 Å². The van der Waals surface area contributed by atoms with Crippen molar-refractivity contribution in [1.29, 1.82) is 0 Å². The molecule has 1 aliphatic heterocycles. The summed E-state index contributed by atoms with van der Waals surface area (Å²) in [6.07, 6.45) is 3.10. The number of nitrogens with zero attached hydrogens (tertiary/aromatic N) is 2. The van der Waals surface area contributed by atoms with Gasteiger partial charge in [-0.25, -0.2) is 9.37 Å². The molecule has 0 radical (unpaired) electrons. The largest absolute Gasteiger partial charge is 0.445 e. The third-order valence-corrected chi connectivity index (χ3v) is 3.08. The molecule has 0 atom stereocenters. The van der Waals surface area contributed by atoms with Gasteiger partial charge in [-0.05, 0) is 18.2 Å². The first-order valence-corrected chi connectivity index (χ1v) is 6.00. The summed E-state index contributed by atoms with van der Waals surface area (Å²) in [6, 6.07) is 4.95. The average molecular weight is 247 g/mol. The van der Waals surface area contributed by atoms with E-state index in [1.165, 1.54) is 12.3 Å². The lowest BCUT2D eigenvalue weighted by Crippen LogP contribution is -2.43. The van der Waals surface area contributed by atoms with E-state index in [1.54, 1.807) is 18.3 Å². The van der Waals surface area contributed by atoms with Crippen molar-refractivity contribution >= 4 is 5.69 Å². The third-order valence-electron chi connectivity index (χ3n) is 3.08. The van der Waals surface area contributed by atoms with Gasteiger partial charge in [0.05, 0.1) is 11.9 Å². The molecule has 0 saturated carbocycles. The molecular formula is C13H14FN3O. The lowest BCUT2D eigenvalue weighted by atomic mass is 10.1. The Labute approximate surface area is 104 Å². The Bertz CT molecular complexity index is 521. The van der Waals surface area contributed by atoms with Gasteiger partial charge in [-0.15, -0.1) is 0 Å². The fourth-order valence-corrected chi connectivity index (χ4v) is 2.16. The molecule has 2 aromatic rings. The van der Waals surface area contributed by atoms with Crippen LogP contribution in [0.25, 0.3) is 11.5 Å². The predicted molar refractivity (Wildman–Crippen MR) is 67.0 cm³/mol. The molecule has 94 valence electrons. The van der Waals surface area contributed by atoms with Crippen molar-refractivity contribution in [3.05, 3.63) is 36.5 Å². The SMILES string of the molecule is Fc1ccc(-c2ncco2)cc1N1CCNCC1. The highest BCUT2D eigenvalue weighted by atomic mass is 19.1. The van der Waals surface area contributed by atoms with E-state index in [0.29, 0.717) is 11.6 Å². The molecule has 0 unspecified atom stereocenters. The van der Waals surface area contributed by atoms with Crippen molar-refractivity contribution in [3.8, 4) is 11.5 Å². The van der Waals surface area contributed by atoms with Crippen LogP contribution in [0.15, 0.2) is 35.1 Å². The molecule has 0 spiro atoms. The maximum atomic E-state index is 13.9. The third kappa shape index (κ3) is 2.09. The van der Waals surface area contributed by atoms with E-state index >= 15 is 0 Å². The van der Waals surface area contributed by atoms with Gasteiger partial charge >= 0.3 is 0 Å². The highest BCUT2D eigenvalue weighted by molar-refractivity contribution is 5.63. The molecule has 1 fully saturated rings. The Hall–Kier alpha value is -1.88. The summed E-state index contributed by atoms with van der Waals surface area (Å²) < 4.78 is 19.1. The molecule has 1 aromatic carbocycles. The van der Waals surface area contributed by atoms with Crippen molar-refractivity contribution in [1.82, 2.24) is 10.3 Å². The number of piperazine rings is 1. The van der Waals surface area contributed by atoms with Crippen molar-refractivity contribution in [3.63, 3.8) is 0 Å². The van der Waals surface area contributed by atoms with Crippen LogP contribution >= 0.6 is 0 Å². The van der Waals surface area contributed by atoms with Gasteiger partial charge in [-0.1, -0.05) is 0 Å². The van der Waals surface area contributed by atoms with Crippen LogP contribution in [-0.4, -0.2) is 31.2 Å². The van der Waals surface area contributed by atoms with Crippen LogP contribution in [0.3, 0.4) is 0 Å². The monoisotopic (exact) mass is 247 g/mol. The molecule has 0 bridgehead atoms. The zero-order valence-electron chi connectivity index (χ0n) is 9.90. The number of aromatic nitrogens is 1. The minimum absolute atomic E-state index is 0.202. The first-order chi connectivity index (χ1) is 8.84. The first kappa shape index (κ1) is 11.2. The van der Waals surface area contributed by atoms with Gasteiger partial charge in [0.15, 0.2) is 0 Å². The van der Waals surface area contributed by atoms with Crippen LogP contribution in [0.4, 0.5) is 10.1 Å². The molecule has 18 heavy (non-hydrogen) atoms. The summed E-state index contributed by atoms with van der Waals surface area (Å²) in [5, 5.41) is 3.25. The maximum absolute atomic E-state index is 13.9. The zero-order chi connectivity index (χ0) is 12.4. The maximum Gasteiger partial charge on any atom is 0.225 e. The summed E-state index contributed by atoms with van der Waals surface area (Å²) in [4.78, 5) is 6.12. The number of rotatable bonds is 2. The topological polar surface area (TPSA) is 41.3 Å². The predicted octanol–water partition coefficient (Wildman–Crippen LogP) is 1.89. The van der Waals surface area contributed by atoms with Gasteiger partial charge in [0.2, 0.25) is 5.89 Å². The smallest absolute Gasteiger partial charge is 0.225 e. The van der Waals surface area contributed by atoms with E-state index in [2.05, 4.69) is 10.3 Å². The van der Waals surface area contributed by atoms with E-state index in [-0.39, 0.29) is 5.82 Å². The number of benzene rings is 1. The van der Waals surface area contributed by atoms with Gasteiger partial charge in [0.25, 0.3) is 0 Å². The standard InChI is InChI=1S/C13H14FN3O/c14-11-2-1-10(13-16-5-8-18-13)9-12(11)17-6-3-15-4-7-17/h1-2,5,8-9,15H,3-4,6-7H2. The number of hydrogen-bond donors (Lipinski definition) is 1. The van der Waals surface area contributed by atoms with Gasteiger partial charge in [-0.3, -0.25) is 0 Å². The lowest BCUT2D eigenvalue weighted by Gasteiger charge is -2.29. The van der Waals surface area contributed by atoms with E-state index in [9.17, 15) is 4.39 Å². The fourth-order valence-electron chi connectivity index (χ4n) is 2.16. The Balaban J connectivity index is 1.95. The number of nitrogens with one attached hydrogen (secondary N) is 1. The fraction of sp³-hybridized carbons (Fsp3) is 0.308. The molecule has 0 amide bonds. The quantitative estimate of drug-likeness (QED) is 0.880.